The van der Waals surface area contributed by atoms with Crippen molar-refractivity contribution in [3.63, 3.8) is 0 Å². The van der Waals surface area contributed by atoms with Gasteiger partial charge in [0.05, 0.1) is 21.4 Å². The number of anilines is 4. The van der Waals surface area contributed by atoms with Gasteiger partial charge in [-0.3, -0.25) is 4.90 Å². The van der Waals surface area contributed by atoms with E-state index in [-0.39, 0.29) is 54.3 Å². The average molecular weight is 661 g/mol. The minimum Gasteiger partial charge on any atom is -0.466 e. The summed E-state index contributed by atoms with van der Waals surface area (Å²) in [6, 6.07) is 24.1. The molecule has 0 radical (unpaired) electrons. The van der Waals surface area contributed by atoms with Gasteiger partial charge >= 0.3 is 14.2 Å². The van der Waals surface area contributed by atoms with Gasteiger partial charge in [0.25, 0.3) is 5.17 Å². The van der Waals surface area contributed by atoms with Crippen LogP contribution in [0.5, 0.6) is 0 Å². The third-order valence-corrected chi connectivity index (χ3v) is 7.52. The predicted octanol–water partition coefficient (Wildman–Crippen LogP) is 4.46. The second-order valence-electron chi connectivity index (χ2n) is 8.76. The van der Waals surface area contributed by atoms with Gasteiger partial charge in [-0.1, -0.05) is 89.4 Å². The lowest BCUT2D eigenvalue weighted by atomic mass is 9.79. The summed E-state index contributed by atoms with van der Waals surface area (Å²) in [5, 5.41) is 45.4. The molecule has 0 bridgehead atoms. The highest BCUT2D eigenvalue weighted by Gasteiger charge is 2.29. The monoisotopic (exact) mass is 659 g/mol. The molecule has 4 aromatic rings. The lowest BCUT2D eigenvalue weighted by molar-refractivity contribution is 0.300. The normalized spacial score (nSPS) is 10.5. The highest BCUT2D eigenvalue weighted by molar-refractivity contribution is 7.81. The van der Waals surface area contributed by atoms with Crippen molar-refractivity contribution in [1.82, 2.24) is 0 Å². The molecule has 0 saturated heterocycles. The summed E-state index contributed by atoms with van der Waals surface area (Å²) in [5.41, 5.74) is 2.20. The highest BCUT2D eigenvalue weighted by atomic mass is 35.5. The van der Waals surface area contributed by atoms with E-state index in [4.69, 9.17) is 64.0 Å². The maximum atomic E-state index is 10.2. The number of para-hydroxylation sites is 1. The van der Waals surface area contributed by atoms with Crippen LogP contribution in [-0.4, -0.2) is 44.6 Å². The van der Waals surface area contributed by atoms with Crippen LogP contribution >= 0.6 is 59.2 Å². The molecule has 15 heteroatoms. The number of thiocarbonyl (C=S) groups is 2. The molecule has 0 saturated carbocycles. The van der Waals surface area contributed by atoms with E-state index >= 15 is 0 Å². The van der Waals surface area contributed by atoms with E-state index in [0.717, 1.165) is 5.56 Å². The minimum atomic E-state index is -1.97. The molecule has 6 N–H and O–H groups in total. The SMILES string of the molecule is OB(O)c1ccc(NC(=S)N(c2ccccc2)c2c(Cl)c(NC(=S)OCc3ccccc3)cc(B(O)O)c2Cl)cc1Cl. The van der Waals surface area contributed by atoms with Crippen molar-refractivity contribution in [2.75, 3.05) is 15.5 Å². The summed E-state index contributed by atoms with van der Waals surface area (Å²) < 4.78 is 5.67. The molecule has 4 rings (SSSR count). The van der Waals surface area contributed by atoms with E-state index in [1.807, 2.05) is 36.4 Å². The maximum absolute atomic E-state index is 10.2. The predicted molar refractivity (Wildman–Crippen MR) is 180 cm³/mol. The fourth-order valence-electron chi connectivity index (χ4n) is 3.91. The molecule has 0 spiro atoms. The molecule has 0 fully saturated rings. The average Bonchev–Trinajstić information content (AvgIpc) is 2.96. The Balaban J connectivity index is 1.74. The highest BCUT2D eigenvalue weighted by Crippen LogP contribution is 2.42. The van der Waals surface area contributed by atoms with Crippen molar-refractivity contribution in [2.45, 2.75) is 6.61 Å². The number of benzene rings is 4. The summed E-state index contributed by atoms with van der Waals surface area (Å²) in [6.07, 6.45) is 0. The Hall–Kier alpha value is -2.90. The summed E-state index contributed by atoms with van der Waals surface area (Å²) >= 11 is 31.0. The number of ether oxygens (including phenoxy) is 1. The first-order chi connectivity index (χ1) is 20.1. The van der Waals surface area contributed by atoms with E-state index in [2.05, 4.69) is 10.6 Å². The van der Waals surface area contributed by atoms with Crippen molar-refractivity contribution in [1.29, 1.82) is 0 Å². The maximum Gasteiger partial charge on any atom is 0.490 e. The topological polar surface area (TPSA) is 117 Å². The Labute approximate surface area is 268 Å². The zero-order chi connectivity index (χ0) is 30.4. The molecule has 0 amide bonds. The smallest absolute Gasteiger partial charge is 0.466 e. The first-order valence-corrected chi connectivity index (χ1v) is 14.2. The van der Waals surface area contributed by atoms with Crippen molar-refractivity contribution in [3.8, 4) is 0 Å². The molecule has 0 aromatic heterocycles. The second-order valence-corrected chi connectivity index (χ2v) is 10.7. The Kier molecular flexibility index (Phi) is 11.1. The number of hydrogen-bond acceptors (Lipinski definition) is 7. The van der Waals surface area contributed by atoms with Crippen molar-refractivity contribution in [2.24, 2.45) is 0 Å². The molecule has 0 unspecified atom stereocenters. The van der Waals surface area contributed by atoms with Crippen LogP contribution in [0.3, 0.4) is 0 Å². The molecule has 0 aliphatic carbocycles. The van der Waals surface area contributed by atoms with Crippen LogP contribution < -0.4 is 26.5 Å². The molecular weight excluding hydrogens is 638 g/mol. The first kappa shape index (κ1) is 32.0. The molecule has 0 aliphatic rings. The zero-order valence-corrected chi connectivity index (χ0v) is 25.4. The van der Waals surface area contributed by atoms with Crippen LogP contribution in [0.25, 0.3) is 0 Å². The van der Waals surface area contributed by atoms with Gasteiger partial charge in [0.2, 0.25) is 0 Å². The number of rotatable bonds is 8. The molecule has 8 nitrogen and oxygen atoms in total. The molecule has 0 aliphatic heterocycles. The van der Waals surface area contributed by atoms with E-state index in [9.17, 15) is 20.1 Å². The van der Waals surface area contributed by atoms with E-state index < -0.39 is 14.2 Å². The largest absolute Gasteiger partial charge is 0.490 e. The molecule has 0 heterocycles. The van der Waals surface area contributed by atoms with Crippen LogP contribution in [0, 0.1) is 0 Å². The minimum absolute atomic E-state index is 0.0137. The van der Waals surface area contributed by atoms with Gasteiger partial charge < -0.3 is 35.5 Å². The fraction of sp³-hybridized carbons (Fsp3) is 0.0370. The van der Waals surface area contributed by atoms with Gasteiger partial charge in [0.1, 0.15) is 6.61 Å². The fourth-order valence-corrected chi connectivity index (χ4v) is 5.33. The summed E-state index contributed by atoms with van der Waals surface area (Å²) in [7, 11) is -3.72. The van der Waals surface area contributed by atoms with Crippen molar-refractivity contribution in [3.05, 3.63) is 106 Å². The van der Waals surface area contributed by atoms with Gasteiger partial charge in [0, 0.05) is 27.3 Å². The molecule has 0 atom stereocenters. The summed E-state index contributed by atoms with van der Waals surface area (Å²) in [4.78, 5) is 1.51. The Morgan fingerprint density at radius 2 is 1.38 bits per heavy atom. The van der Waals surface area contributed by atoms with Crippen LogP contribution in [0.1, 0.15) is 5.56 Å². The Morgan fingerprint density at radius 1 is 0.762 bits per heavy atom. The van der Waals surface area contributed by atoms with Gasteiger partial charge in [0.15, 0.2) is 5.11 Å². The molecular formula is C27H22B2Cl3N3O5S2. The lowest BCUT2D eigenvalue weighted by Gasteiger charge is -2.30. The molecule has 4 aromatic carbocycles. The van der Waals surface area contributed by atoms with E-state index in [1.165, 1.54) is 23.1 Å². The van der Waals surface area contributed by atoms with E-state index in [1.54, 1.807) is 30.3 Å². The Bertz CT molecular complexity index is 1590. The molecule has 42 heavy (non-hydrogen) atoms. The summed E-state index contributed by atoms with van der Waals surface area (Å²) in [6.45, 7) is 0.193. The van der Waals surface area contributed by atoms with Gasteiger partial charge in [-0.2, -0.15) is 0 Å². The van der Waals surface area contributed by atoms with Crippen LogP contribution in [0.2, 0.25) is 15.1 Å². The standard InChI is InChI=1S/C27H22B2Cl3N3O5S2/c30-21-13-17(11-12-19(21)28(36)37)33-26(41)35(18-9-5-2-6-10-18)25-23(31)20(29(38)39)14-22(24(25)32)34-27(42)40-15-16-7-3-1-4-8-16/h1-14,36-39H,15H2,(H,33,41)(H,34,42). The first-order valence-electron chi connectivity index (χ1n) is 12.2. The van der Waals surface area contributed by atoms with Gasteiger partial charge in [-0.15, -0.1) is 0 Å². The van der Waals surface area contributed by atoms with Gasteiger partial charge in [-0.05, 0) is 60.3 Å². The molecule has 214 valence electrons. The van der Waals surface area contributed by atoms with Crippen LogP contribution in [0.15, 0.2) is 84.9 Å². The number of halogens is 3. The quantitative estimate of drug-likeness (QED) is 0.120. The van der Waals surface area contributed by atoms with Crippen LogP contribution in [0.4, 0.5) is 22.7 Å². The third-order valence-electron chi connectivity index (χ3n) is 5.90. The van der Waals surface area contributed by atoms with Gasteiger partial charge in [-0.25, -0.2) is 0 Å². The lowest BCUT2D eigenvalue weighted by Crippen LogP contribution is -2.36. The number of hydrogen-bond donors (Lipinski definition) is 6. The second kappa shape index (κ2) is 14.5. The van der Waals surface area contributed by atoms with E-state index in [0.29, 0.717) is 11.4 Å². The third kappa shape index (κ3) is 7.73. The summed E-state index contributed by atoms with van der Waals surface area (Å²) in [5.74, 6) is 0. The zero-order valence-electron chi connectivity index (χ0n) is 21.5. The number of nitrogens with zero attached hydrogens (tertiary/aromatic N) is 1. The Morgan fingerprint density at radius 3 is 1.98 bits per heavy atom. The van der Waals surface area contributed by atoms with Crippen LogP contribution in [-0.2, 0) is 11.3 Å². The number of nitrogens with one attached hydrogen (secondary N) is 2. The van der Waals surface area contributed by atoms with Crippen molar-refractivity contribution < 1.29 is 24.8 Å². The van der Waals surface area contributed by atoms with Crippen molar-refractivity contribution >= 4 is 117 Å².